The van der Waals surface area contributed by atoms with Crippen LogP contribution in [0.25, 0.3) is 89.8 Å². The zero-order valence-corrected chi connectivity index (χ0v) is 31.5. The fourth-order valence-corrected chi connectivity index (χ4v) is 7.87. The summed E-state index contributed by atoms with van der Waals surface area (Å²) in [5, 5.41) is 0. The molecule has 0 aliphatic heterocycles. The zero-order chi connectivity index (χ0) is 38.7. The molecule has 10 rings (SSSR count). The van der Waals surface area contributed by atoms with Crippen molar-refractivity contribution in [1.29, 1.82) is 0 Å². The molecule has 6 nitrogen and oxygen atoms in total. The minimum Gasteiger partial charge on any atom is -0.307 e. The molecule has 6 aromatic heterocycles. The van der Waals surface area contributed by atoms with E-state index in [2.05, 4.69) is 175 Å². The molecule has 0 fully saturated rings. The van der Waals surface area contributed by atoms with E-state index in [-0.39, 0.29) is 0 Å². The Hall–Kier alpha value is -7.96. The van der Waals surface area contributed by atoms with Crippen molar-refractivity contribution in [1.82, 2.24) is 29.1 Å². The van der Waals surface area contributed by atoms with Crippen molar-refractivity contribution in [3.05, 3.63) is 219 Å². The normalized spacial score (nSPS) is 11.1. The number of hydrogen-bond donors (Lipinski definition) is 0. The summed E-state index contributed by atoms with van der Waals surface area (Å²) in [6.45, 7) is 0. The van der Waals surface area contributed by atoms with E-state index in [1.54, 1.807) is 0 Å². The maximum atomic E-state index is 4.51. The molecule has 0 N–H and O–H groups in total. The highest BCUT2D eigenvalue weighted by atomic mass is 15.0. The molecule has 0 atom stereocenters. The summed E-state index contributed by atoms with van der Waals surface area (Å²) >= 11 is 0. The lowest BCUT2D eigenvalue weighted by molar-refractivity contribution is 1.07. The van der Waals surface area contributed by atoms with E-state index in [0.717, 1.165) is 89.8 Å². The molecule has 6 heteroatoms. The maximum Gasteiger partial charge on any atom is 0.0645 e. The number of rotatable bonds is 9. The first-order valence-electron chi connectivity index (χ1n) is 19.3. The Kier molecular flexibility index (Phi) is 9.10. The molecule has 0 amide bonds. The molecule has 6 heterocycles. The minimum atomic E-state index is 0.990. The molecule has 0 saturated carbocycles. The Morgan fingerprint density at radius 2 is 0.621 bits per heavy atom. The SMILES string of the molecule is c1ccc(-c2c(-c3cccnc3)cc(-c3ccc(-c4ccc(-c5cc(-c6cccnc6)c(-c6ccccc6)n5-c5cccnc5)cc4)cc3)n2-c2cccnc2)cc1. The van der Waals surface area contributed by atoms with Crippen LogP contribution in [-0.4, -0.2) is 29.1 Å². The van der Waals surface area contributed by atoms with Gasteiger partial charge in [-0.05, 0) is 81.9 Å². The maximum absolute atomic E-state index is 4.51. The number of pyridine rings is 4. The van der Waals surface area contributed by atoms with Gasteiger partial charge in [0.2, 0.25) is 0 Å². The lowest BCUT2D eigenvalue weighted by Crippen LogP contribution is -2.00. The van der Waals surface area contributed by atoms with E-state index in [9.17, 15) is 0 Å². The Labute approximate surface area is 337 Å². The van der Waals surface area contributed by atoms with Gasteiger partial charge in [-0.15, -0.1) is 0 Å². The van der Waals surface area contributed by atoms with Crippen LogP contribution in [0.3, 0.4) is 0 Å². The van der Waals surface area contributed by atoms with Crippen molar-refractivity contribution >= 4 is 0 Å². The monoisotopic (exact) mass is 744 g/mol. The quantitative estimate of drug-likeness (QED) is 0.148. The van der Waals surface area contributed by atoms with Crippen molar-refractivity contribution in [3.8, 4) is 89.8 Å². The largest absolute Gasteiger partial charge is 0.307 e. The minimum absolute atomic E-state index is 0.990. The second-order valence-corrected chi connectivity index (χ2v) is 14.0. The van der Waals surface area contributed by atoms with E-state index in [1.807, 2.05) is 73.8 Å². The van der Waals surface area contributed by atoms with Gasteiger partial charge in [-0.1, -0.05) is 121 Å². The zero-order valence-electron chi connectivity index (χ0n) is 31.5. The number of hydrogen-bond acceptors (Lipinski definition) is 4. The summed E-state index contributed by atoms with van der Waals surface area (Å²) in [6, 6.07) is 59.8. The molecule has 0 bridgehead atoms. The van der Waals surface area contributed by atoms with Crippen LogP contribution in [0, 0.1) is 0 Å². The van der Waals surface area contributed by atoms with Crippen LogP contribution in [0.5, 0.6) is 0 Å². The molecule has 0 spiro atoms. The lowest BCUT2D eigenvalue weighted by atomic mass is 10.00. The number of aromatic nitrogens is 6. The average molecular weight is 745 g/mol. The van der Waals surface area contributed by atoms with Gasteiger partial charge in [0.15, 0.2) is 0 Å². The third-order valence-corrected chi connectivity index (χ3v) is 10.5. The number of benzene rings is 4. The van der Waals surface area contributed by atoms with Crippen molar-refractivity contribution in [2.24, 2.45) is 0 Å². The molecule has 274 valence electrons. The Morgan fingerprint density at radius 1 is 0.276 bits per heavy atom. The molecule has 58 heavy (non-hydrogen) atoms. The van der Waals surface area contributed by atoms with Crippen LogP contribution >= 0.6 is 0 Å². The van der Waals surface area contributed by atoms with Crippen LogP contribution in [0.15, 0.2) is 219 Å². The van der Waals surface area contributed by atoms with Crippen LogP contribution in [0.1, 0.15) is 0 Å². The van der Waals surface area contributed by atoms with Crippen molar-refractivity contribution in [2.75, 3.05) is 0 Å². The van der Waals surface area contributed by atoms with Crippen LogP contribution in [-0.2, 0) is 0 Å². The van der Waals surface area contributed by atoms with Gasteiger partial charge in [0.25, 0.3) is 0 Å². The van der Waals surface area contributed by atoms with Crippen LogP contribution < -0.4 is 0 Å². The molecule has 10 aromatic rings. The molecule has 0 radical (unpaired) electrons. The third kappa shape index (κ3) is 6.48. The first-order chi connectivity index (χ1) is 28.8. The summed E-state index contributed by atoms with van der Waals surface area (Å²) in [4.78, 5) is 18.0. The van der Waals surface area contributed by atoms with Gasteiger partial charge >= 0.3 is 0 Å². The predicted molar refractivity (Wildman–Crippen MR) is 234 cm³/mol. The second-order valence-electron chi connectivity index (χ2n) is 14.0. The van der Waals surface area contributed by atoms with Gasteiger partial charge in [0.1, 0.15) is 0 Å². The first-order valence-corrected chi connectivity index (χ1v) is 19.3. The summed E-state index contributed by atoms with van der Waals surface area (Å²) in [6.07, 6.45) is 15.0. The number of nitrogens with zero attached hydrogens (tertiary/aromatic N) is 6. The summed E-state index contributed by atoms with van der Waals surface area (Å²) in [7, 11) is 0. The molecule has 0 saturated heterocycles. The second kappa shape index (κ2) is 15.3. The fourth-order valence-electron chi connectivity index (χ4n) is 7.87. The van der Waals surface area contributed by atoms with Gasteiger partial charge in [0.05, 0.1) is 46.5 Å². The Balaban J connectivity index is 1.06. The van der Waals surface area contributed by atoms with E-state index >= 15 is 0 Å². The van der Waals surface area contributed by atoms with Gasteiger partial charge in [-0.25, -0.2) is 0 Å². The van der Waals surface area contributed by atoms with E-state index in [1.165, 1.54) is 0 Å². The average Bonchev–Trinajstić information content (AvgIpc) is 3.92. The first kappa shape index (κ1) is 34.5. The molecule has 4 aromatic carbocycles. The fraction of sp³-hybridized carbons (Fsp3) is 0. The molecule has 0 aliphatic carbocycles. The Bertz CT molecular complexity index is 2720. The third-order valence-electron chi connectivity index (χ3n) is 10.5. The summed E-state index contributed by atoms with van der Waals surface area (Å²) in [5.74, 6) is 0. The molecular formula is C52H36N6. The van der Waals surface area contributed by atoms with Crippen molar-refractivity contribution < 1.29 is 0 Å². The van der Waals surface area contributed by atoms with E-state index in [4.69, 9.17) is 0 Å². The highest BCUT2D eigenvalue weighted by Gasteiger charge is 2.23. The Morgan fingerprint density at radius 3 is 0.966 bits per heavy atom. The molecule has 0 unspecified atom stereocenters. The summed E-state index contributed by atoms with van der Waals surface area (Å²) < 4.78 is 4.63. The van der Waals surface area contributed by atoms with Crippen LogP contribution in [0.4, 0.5) is 0 Å². The highest BCUT2D eigenvalue weighted by Crippen LogP contribution is 2.43. The summed E-state index contributed by atoms with van der Waals surface area (Å²) in [5.41, 5.74) is 17.3. The van der Waals surface area contributed by atoms with Crippen molar-refractivity contribution in [3.63, 3.8) is 0 Å². The van der Waals surface area contributed by atoms with Gasteiger partial charge < -0.3 is 9.13 Å². The standard InChI is InChI=1S/C52H36N6/c1-3-11-41(12-4-1)51-47(43-15-7-27-53-33-43)31-49(57(51)45-17-9-29-55-35-45)39-23-19-37(20-24-39)38-21-25-40(26-22-38)50-32-48(44-16-8-28-54-34-44)52(42-13-5-2-6-14-42)58(50)46-18-10-30-56-36-46/h1-36H. The molecular weight excluding hydrogens is 709 g/mol. The van der Waals surface area contributed by atoms with E-state index in [0.29, 0.717) is 0 Å². The smallest absolute Gasteiger partial charge is 0.0645 e. The van der Waals surface area contributed by atoms with Crippen LogP contribution in [0.2, 0.25) is 0 Å². The van der Waals surface area contributed by atoms with Gasteiger partial charge in [0, 0.05) is 59.4 Å². The lowest BCUT2D eigenvalue weighted by Gasteiger charge is -2.16. The van der Waals surface area contributed by atoms with Gasteiger partial charge in [-0.3, -0.25) is 19.9 Å². The molecule has 0 aliphatic rings. The van der Waals surface area contributed by atoms with Crippen molar-refractivity contribution in [2.45, 2.75) is 0 Å². The highest BCUT2D eigenvalue weighted by molar-refractivity contribution is 5.90. The predicted octanol–water partition coefficient (Wildman–Crippen LogP) is 12.5. The van der Waals surface area contributed by atoms with Gasteiger partial charge in [-0.2, -0.15) is 0 Å². The topological polar surface area (TPSA) is 61.4 Å². The van der Waals surface area contributed by atoms with E-state index < -0.39 is 0 Å².